The number of nitrogens with one attached hydrogen (secondary N) is 2. The standard InChI is InChI=1S/C36H48N4O3/c1-5-40(30-10-8-6-7-9-11-30)34-20-29(28-14-12-27(13-15-28)22-39-17-16-31(41)23-39)19-32(26(34)4)35(42)37-21-33-24(2)18-25(3)38-36(33)43/h12-15,18-20,30-31,41H,5-11,16-17,21-23H2,1-4H3,(H,37,42)(H,38,43)/t31-/m0/s1. The van der Waals surface area contributed by atoms with Gasteiger partial charge in [-0.3, -0.25) is 14.5 Å². The lowest BCUT2D eigenvalue weighted by molar-refractivity contribution is 0.0950. The zero-order valence-electron chi connectivity index (χ0n) is 26.3. The van der Waals surface area contributed by atoms with E-state index in [0.717, 1.165) is 66.2 Å². The predicted molar refractivity (Wildman–Crippen MR) is 175 cm³/mol. The van der Waals surface area contributed by atoms with Crippen LogP contribution in [0, 0.1) is 20.8 Å². The summed E-state index contributed by atoms with van der Waals surface area (Å²) in [6, 6.07) is 15.3. The molecule has 1 saturated carbocycles. The smallest absolute Gasteiger partial charge is 0.253 e. The molecule has 3 aromatic rings. The lowest BCUT2D eigenvalue weighted by Gasteiger charge is -2.34. The Morgan fingerprint density at radius 1 is 1.00 bits per heavy atom. The van der Waals surface area contributed by atoms with Crippen LogP contribution < -0.4 is 15.8 Å². The van der Waals surface area contributed by atoms with Crippen molar-refractivity contribution in [2.75, 3.05) is 24.5 Å². The number of likely N-dealkylation sites (tertiary alicyclic amines) is 1. The number of H-pyrrole nitrogens is 1. The van der Waals surface area contributed by atoms with Gasteiger partial charge in [-0.2, -0.15) is 0 Å². The molecule has 1 aromatic heterocycles. The van der Waals surface area contributed by atoms with E-state index in [1.807, 2.05) is 26.0 Å². The Bertz CT molecular complexity index is 1470. The van der Waals surface area contributed by atoms with E-state index in [1.165, 1.54) is 44.1 Å². The molecular formula is C36H48N4O3. The van der Waals surface area contributed by atoms with Crippen LogP contribution in [0.2, 0.25) is 0 Å². The zero-order chi connectivity index (χ0) is 30.5. The van der Waals surface area contributed by atoms with E-state index in [9.17, 15) is 14.7 Å². The molecule has 0 bridgehead atoms. The van der Waals surface area contributed by atoms with Crippen LogP contribution in [0.4, 0.5) is 5.69 Å². The molecule has 2 aliphatic rings. The van der Waals surface area contributed by atoms with Crippen LogP contribution in [0.15, 0.2) is 47.3 Å². The monoisotopic (exact) mass is 584 g/mol. The van der Waals surface area contributed by atoms with Crippen molar-refractivity contribution in [2.45, 2.75) is 97.9 Å². The second-order valence-corrected chi connectivity index (χ2v) is 12.6. The first-order chi connectivity index (χ1) is 20.7. The maximum Gasteiger partial charge on any atom is 0.253 e. The fourth-order valence-electron chi connectivity index (χ4n) is 6.98. The van der Waals surface area contributed by atoms with Crippen LogP contribution in [0.1, 0.15) is 90.2 Å². The van der Waals surface area contributed by atoms with E-state index >= 15 is 0 Å². The number of rotatable bonds is 9. The normalized spacial score (nSPS) is 18.0. The number of hydrogen-bond donors (Lipinski definition) is 3. The summed E-state index contributed by atoms with van der Waals surface area (Å²) in [5.41, 5.74) is 8.18. The second kappa shape index (κ2) is 13.9. The number of aromatic amines is 1. The first-order valence-corrected chi connectivity index (χ1v) is 16.1. The summed E-state index contributed by atoms with van der Waals surface area (Å²) >= 11 is 0. The summed E-state index contributed by atoms with van der Waals surface area (Å²) in [5.74, 6) is -0.166. The highest BCUT2D eigenvalue weighted by Gasteiger charge is 2.25. The van der Waals surface area contributed by atoms with Gasteiger partial charge in [-0.15, -0.1) is 0 Å². The number of aliphatic hydroxyl groups is 1. The van der Waals surface area contributed by atoms with Gasteiger partial charge in [0.05, 0.1) is 6.10 Å². The van der Waals surface area contributed by atoms with Crippen molar-refractivity contribution in [2.24, 2.45) is 0 Å². The van der Waals surface area contributed by atoms with E-state index < -0.39 is 0 Å². The SMILES string of the molecule is CCN(c1cc(-c2ccc(CN3CC[C@H](O)C3)cc2)cc(C(=O)NCc2c(C)cc(C)[nH]c2=O)c1C)C1CCCCCC1. The molecule has 1 amide bonds. The van der Waals surface area contributed by atoms with Gasteiger partial charge in [0.1, 0.15) is 0 Å². The topological polar surface area (TPSA) is 88.7 Å². The molecule has 2 aromatic carbocycles. The Hall–Kier alpha value is -3.42. The number of amides is 1. The molecule has 0 spiro atoms. The highest BCUT2D eigenvalue weighted by molar-refractivity contribution is 5.99. The Balaban J connectivity index is 1.47. The number of pyridine rings is 1. The Morgan fingerprint density at radius 3 is 2.35 bits per heavy atom. The van der Waals surface area contributed by atoms with Crippen LogP contribution in [0.5, 0.6) is 0 Å². The number of carbonyl (C=O) groups is 1. The molecule has 1 saturated heterocycles. The molecule has 0 radical (unpaired) electrons. The van der Waals surface area contributed by atoms with Crippen LogP contribution >= 0.6 is 0 Å². The number of benzene rings is 2. The molecule has 7 nitrogen and oxygen atoms in total. The predicted octanol–water partition coefficient (Wildman–Crippen LogP) is 6.01. The van der Waals surface area contributed by atoms with Crippen molar-refractivity contribution in [3.05, 3.63) is 86.3 Å². The number of nitrogens with zero attached hydrogens (tertiary/aromatic N) is 2. The highest BCUT2D eigenvalue weighted by atomic mass is 16.3. The summed E-state index contributed by atoms with van der Waals surface area (Å²) in [5, 5.41) is 13.0. The first kappa shape index (κ1) is 31.0. The summed E-state index contributed by atoms with van der Waals surface area (Å²) in [7, 11) is 0. The van der Waals surface area contributed by atoms with Gasteiger partial charge < -0.3 is 20.3 Å². The fourth-order valence-corrected chi connectivity index (χ4v) is 6.98. The van der Waals surface area contributed by atoms with Gasteiger partial charge in [-0.25, -0.2) is 0 Å². The summed E-state index contributed by atoms with van der Waals surface area (Å²) in [6.07, 6.45) is 8.03. The molecule has 5 rings (SSSR count). The molecule has 1 atom stereocenters. The lowest BCUT2D eigenvalue weighted by Crippen LogP contribution is -2.36. The minimum Gasteiger partial charge on any atom is -0.392 e. The minimum absolute atomic E-state index is 0.155. The van der Waals surface area contributed by atoms with Gasteiger partial charge in [-0.1, -0.05) is 49.9 Å². The van der Waals surface area contributed by atoms with E-state index in [-0.39, 0.29) is 24.1 Å². The van der Waals surface area contributed by atoms with Gasteiger partial charge >= 0.3 is 0 Å². The Kier molecular flexibility index (Phi) is 10.0. The van der Waals surface area contributed by atoms with E-state index in [2.05, 4.69) is 64.3 Å². The quantitative estimate of drug-likeness (QED) is 0.268. The number of aromatic nitrogens is 1. The molecule has 2 fully saturated rings. The van der Waals surface area contributed by atoms with Gasteiger partial charge in [-0.05, 0) is 93.0 Å². The van der Waals surface area contributed by atoms with E-state index in [0.29, 0.717) is 17.2 Å². The number of aliphatic hydroxyl groups excluding tert-OH is 1. The fraction of sp³-hybridized carbons (Fsp3) is 0.500. The Labute approximate surface area is 256 Å². The lowest BCUT2D eigenvalue weighted by atomic mass is 9.94. The highest BCUT2D eigenvalue weighted by Crippen LogP contribution is 2.35. The molecule has 3 N–H and O–H groups in total. The zero-order valence-corrected chi connectivity index (χ0v) is 26.3. The molecule has 43 heavy (non-hydrogen) atoms. The second-order valence-electron chi connectivity index (χ2n) is 12.6. The summed E-state index contributed by atoms with van der Waals surface area (Å²) in [4.78, 5) is 34.1. The van der Waals surface area contributed by atoms with Crippen molar-refractivity contribution in [3.63, 3.8) is 0 Å². The van der Waals surface area contributed by atoms with E-state index in [1.54, 1.807) is 0 Å². The number of aryl methyl sites for hydroxylation is 2. The van der Waals surface area contributed by atoms with Crippen LogP contribution in [0.25, 0.3) is 11.1 Å². The maximum atomic E-state index is 13.8. The van der Waals surface area contributed by atoms with Crippen molar-refractivity contribution < 1.29 is 9.90 Å². The largest absolute Gasteiger partial charge is 0.392 e. The maximum absolute atomic E-state index is 13.8. The van der Waals surface area contributed by atoms with Gasteiger partial charge in [0.25, 0.3) is 11.5 Å². The average Bonchev–Trinajstić information content (AvgIpc) is 3.20. The van der Waals surface area contributed by atoms with Crippen LogP contribution in [-0.4, -0.2) is 52.7 Å². The number of β-amino-alcohol motifs (C(OH)–C–C–N with tert-alkyl or cyclic N) is 1. The summed E-state index contributed by atoms with van der Waals surface area (Å²) < 4.78 is 0. The number of anilines is 1. The van der Waals surface area contributed by atoms with Crippen LogP contribution in [0.3, 0.4) is 0 Å². The third-order valence-electron chi connectivity index (χ3n) is 9.40. The molecule has 2 heterocycles. The number of carbonyl (C=O) groups excluding carboxylic acids is 1. The van der Waals surface area contributed by atoms with Gasteiger partial charge in [0, 0.05) is 61.3 Å². The average molecular weight is 585 g/mol. The van der Waals surface area contributed by atoms with Crippen molar-refractivity contribution >= 4 is 11.6 Å². The van der Waals surface area contributed by atoms with Gasteiger partial charge in [0.15, 0.2) is 0 Å². The third kappa shape index (κ3) is 7.39. The molecule has 1 aliphatic heterocycles. The molecule has 7 heteroatoms. The number of hydrogen-bond acceptors (Lipinski definition) is 5. The van der Waals surface area contributed by atoms with E-state index in [4.69, 9.17) is 0 Å². The molecule has 1 aliphatic carbocycles. The molecule has 230 valence electrons. The van der Waals surface area contributed by atoms with Crippen molar-refractivity contribution in [3.8, 4) is 11.1 Å². The van der Waals surface area contributed by atoms with Crippen molar-refractivity contribution in [1.29, 1.82) is 0 Å². The minimum atomic E-state index is -0.224. The first-order valence-electron chi connectivity index (χ1n) is 16.1. The van der Waals surface area contributed by atoms with Gasteiger partial charge in [0.2, 0.25) is 0 Å². The third-order valence-corrected chi connectivity index (χ3v) is 9.40. The summed E-state index contributed by atoms with van der Waals surface area (Å²) in [6.45, 7) is 11.6. The molecular weight excluding hydrogens is 536 g/mol. The van der Waals surface area contributed by atoms with Crippen LogP contribution in [-0.2, 0) is 13.1 Å². The van der Waals surface area contributed by atoms with Crippen molar-refractivity contribution in [1.82, 2.24) is 15.2 Å². The molecule has 0 unspecified atom stereocenters. The Morgan fingerprint density at radius 2 is 1.72 bits per heavy atom.